The Hall–Kier alpha value is -1.28. The van der Waals surface area contributed by atoms with Crippen molar-refractivity contribution >= 4 is 9.84 Å². The van der Waals surface area contributed by atoms with Crippen molar-refractivity contribution in [1.82, 2.24) is 4.57 Å². The van der Waals surface area contributed by atoms with Crippen molar-refractivity contribution in [1.29, 1.82) is 5.26 Å². The zero-order chi connectivity index (χ0) is 11.5. The van der Waals surface area contributed by atoms with E-state index in [4.69, 9.17) is 5.26 Å². The molecule has 1 aromatic heterocycles. The molecule has 0 aromatic carbocycles. The molecular weight excluding hydrogens is 212 g/mol. The number of nitrogens with zero attached hydrogens (tertiary/aromatic N) is 2. The second-order valence-electron chi connectivity index (χ2n) is 3.61. The normalized spacial score (nSPS) is 11.6. The summed E-state index contributed by atoms with van der Waals surface area (Å²) in [6.07, 6.45) is 1.72. The average Bonchev–Trinajstić information content (AvgIpc) is 2.61. The van der Waals surface area contributed by atoms with Crippen molar-refractivity contribution in [2.75, 3.05) is 5.75 Å². The number of nitriles is 1. The Labute approximate surface area is 90.1 Å². The molecule has 0 bridgehead atoms. The number of hydrogen-bond donors (Lipinski definition) is 0. The highest BCUT2D eigenvalue weighted by molar-refractivity contribution is 7.91. The van der Waals surface area contributed by atoms with Gasteiger partial charge in [-0.05, 0) is 26.0 Å². The van der Waals surface area contributed by atoms with Crippen molar-refractivity contribution in [3.63, 3.8) is 0 Å². The van der Waals surface area contributed by atoms with Gasteiger partial charge in [0.1, 0.15) is 11.8 Å². The lowest BCUT2D eigenvalue weighted by Crippen LogP contribution is -2.21. The second kappa shape index (κ2) is 4.49. The van der Waals surface area contributed by atoms with Gasteiger partial charge in [0.2, 0.25) is 0 Å². The molecule has 0 aliphatic rings. The molecule has 5 heteroatoms. The first-order valence-corrected chi connectivity index (χ1v) is 6.45. The maximum atomic E-state index is 11.5. The van der Waals surface area contributed by atoms with Gasteiger partial charge in [-0.1, -0.05) is 0 Å². The van der Waals surface area contributed by atoms with Crippen LogP contribution in [0.2, 0.25) is 0 Å². The molecule has 0 amide bonds. The van der Waals surface area contributed by atoms with Crippen molar-refractivity contribution in [3.8, 4) is 6.07 Å². The number of aromatic nitrogens is 1. The van der Waals surface area contributed by atoms with E-state index in [1.165, 1.54) is 0 Å². The molecule has 1 aromatic rings. The van der Waals surface area contributed by atoms with Gasteiger partial charge < -0.3 is 4.57 Å². The summed E-state index contributed by atoms with van der Waals surface area (Å²) in [7, 11) is -3.03. The maximum absolute atomic E-state index is 11.5. The minimum atomic E-state index is -3.03. The number of aryl methyl sites for hydroxylation is 1. The molecule has 0 aliphatic heterocycles. The summed E-state index contributed by atoms with van der Waals surface area (Å²) in [6, 6.07) is 5.41. The molecule has 1 heterocycles. The van der Waals surface area contributed by atoms with E-state index < -0.39 is 9.84 Å². The zero-order valence-electron chi connectivity index (χ0n) is 8.84. The van der Waals surface area contributed by atoms with Crippen LogP contribution in [-0.2, 0) is 16.4 Å². The first kappa shape index (κ1) is 11.8. The van der Waals surface area contributed by atoms with Gasteiger partial charge in [0.05, 0.1) is 11.0 Å². The van der Waals surface area contributed by atoms with Gasteiger partial charge >= 0.3 is 0 Å². The predicted molar refractivity (Wildman–Crippen MR) is 58.1 cm³/mol. The van der Waals surface area contributed by atoms with Gasteiger partial charge in [0, 0.05) is 12.7 Å². The molecule has 15 heavy (non-hydrogen) atoms. The minimum absolute atomic E-state index is 0.0774. The molecular formula is C10H14N2O2S. The van der Waals surface area contributed by atoms with E-state index in [0.717, 1.165) is 0 Å². The topological polar surface area (TPSA) is 62.9 Å². The molecule has 0 atom stereocenters. The Morgan fingerprint density at radius 2 is 2.20 bits per heavy atom. The Balaban J connectivity index is 2.71. The molecule has 0 radical (unpaired) electrons. The van der Waals surface area contributed by atoms with Gasteiger partial charge in [-0.15, -0.1) is 0 Å². The molecule has 0 saturated heterocycles. The number of hydrogen-bond acceptors (Lipinski definition) is 3. The summed E-state index contributed by atoms with van der Waals surface area (Å²) in [5, 5.41) is 8.36. The Morgan fingerprint density at radius 1 is 1.53 bits per heavy atom. The molecule has 0 N–H and O–H groups in total. The summed E-state index contributed by atoms with van der Waals surface area (Å²) in [5.74, 6) is 0.0774. The average molecular weight is 226 g/mol. The lowest BCUT2D eigenvalue weighted by atomic mass is 10.5. The molecule has 0 saturated carbocycles. The van der Waals surface area contributed by atoms with Gasteiger partial charge in [0.25, 0.3) is 0 Å². The first-order chi connectivity index (χ1) is 6.97. The van der Waals surface area contributed by atoms with Crippen LogP contribution < -0.4 is 0 Å². The summed E-state index contributed by atoms with van der Waals surface area (Å²) in [5.41, 5.74) is 0.494. The lowest BCUT2D eigenvalue weighted by Gasteiger charge is -2.08. The monoisotopic (exact) mass is 226 g/mol. The second-order valence-corrected chi connectivity index (χ2v) is 6.29. The Bertz CT molecular complexity index is 466. The van der Waals surface area contributed by atoms with Crippen molar-refractivity contribution < 1.29 is 8.42 Å². The largest absolute Gasteiger partial charge is 0.338 e. The van der Waals surface area contributed by atoms with Crippen LogP contribution in [0.25, 0.3) is 0 Å². The predicted octanol–water partition coefficient (Wildman–Crippen LogP) is 1.18. The third-order valence-electron chi connectivity index (χ3n) is 2.28. The molecule has 0 aliphatic carbocycles. The zero-order valence-corrected chi connectivity index (χ0v) is 9.66. The van der Waals surface area contributed by atoms with Gasteiger partial charge in [-0.25, -0.2) is 8.42 Å². The standard InChI is InChI=1S/C10H14N2O2S/c1-9(2)15(13,14)7-6-12-5-3-4-10(12)8-11/h3-5,9H,6-7H2,1-2H3. The van der Waals surface area contributed by atoms with Crippen molar-refractivity contribution in [3.05, 3.63) is 24.0 Å². The van der Waals surface area contributed by atoms with Crippen molar-refractivity contribution in [2.45, 2.75) is 25.6 Å². The summed E-state index contributed by atoms with van der Waals surface area (Å²) in [6.45, 7) is 3.67. The van der Waals surface area contributed by atoms with Crippen LogP contribution in [0.3, 0.4) is 0 Å². The van der Waals surface area contributed by atoms with E-state index in [0.29, 0.717) is 12.2 Å². The highest BCUT2D eigenvalue weighted by Gasteiger charge is 2.16. The smallest absolute Gasteiger partial charge is 0.154 e. The number of sulfone groups is 1. The van der Waals surface area contributed by atoms with Crippen LogP contribution in [0.1, 0.15) is 19.5 Å². The lowest BCUT2D eigenvalue weighted by molar-refractivity contribution is 0.580. The van der Waals surface area contributed by atoms with Crippen LogP contribution in [0.4, 0.5) is 0 Å². The molecule has 82 valence electrons. The number of rotatable bonds is 4. The summed E-state index contributed by atoms with van der Waals surface area (Å²) < 4.78 is 24.7. The molecule has 0 fully saturated rings. The van der Waals surface area contributed by atoms with E-state index in [1.54, 1.807) is 36.7 Å². The van der Waals surface area contributed by atoms with E-state index in [9.17, 15) is 8.42 Å². The fourth-order valence-corrected chi connectivity index (χ4v) is 2.09. The fraction of sp³-hybridized carbons (Fsp3) is 0.500. The maximum Gasteiger partial charge on any atom is 0.154 e. The van der Waals surface area contributed by atoms with Gasteiger partial charge in [-0.3, -0.25) is 0 Å². The SMILES string of the molecule is CC(C)S(=O)(=O)CCn1cccc1C#N. The van der Waals surface area contributed by atoms with E-state index in [1.807, 2.05) is 6.07 Å². The molecule has 1 rings (SSSR count). The fourth-order valence-electron chi connectivity index (χ4n) is 1.17. The minimum Gasteiger partial charge on any atom is -0.338 e. The third-order valence-corrected chi connectivity index (χ3v) is 4.47. The third kappa shape index (κ3) is 2.83. The first-order valence-electron chi connectivity index (χ1n) is 4.74. The highest BCUT2D eigenvalue weighted by atomic mass is 32.2. The Morgan fingerprint density at radius 3 is 2.73 bits per heavy atom. The quantitative estimate of drug-likeness (QED) is 0.774. The van der Waals surface area contributed by atoms with E-state index in [-0.39, 0.29) is 11.0 Å². The van der Waals surface area contributed by atoms with E-state index >= 15 is 0 Å². The van der Waals surface area contributed by atoms with Crippen molar-refractivity contribution in [2.24, 2.45) is 0 Å². The van der Waals surface area contributed by atoms with Crippen LogP contribution in [0.15, 0.2) is 18.3 Å². The van der Waals surface area contributed by atoms with E-state index in [2.05, 4.69) is 0 Å². The van der Waals surface area contributed by atoms with Gasteiger partial charge in [-0.2, -0.15) is 5.26 Å². The highest BCUT2D eigenvalue weighted by Crippen LogP contribution is 2.05. The molecule has 0 unspecified atom stereocenters. The summed E-state index contributed by atoms with van der Waals surface area (Å²) >= 11 is 0. The van der Waals surface area contributed by atoms with Gasteiger partial charge in [0.15, 0.2) is 9.84 Å². The van der Waals surface area contributed by atoms with Crippen LogP contribution >= 0.6 is 0 Å². The summed E-state index contributed by atoms with van der Waals surface area (Å²) in [4.78, 5) is 0. The van der Waals surface area contributed by atoms with Crippen LogP contribution in [-0.4, -0.2) is 24.0 Å². The Kier molecular flexibility index (Phi) is 3.53. The van der Waals surface area contributed by atoms with Crippen LogP contribution in [0.5, 0.6) is 0 Å². The molecule has 4 nitrogen and oxygen atoms in total. The van der Waals surface area contributed by atoms with Crippen LogP contribution in [0, 0.1) is 11.3 Å². The molecule has 0 spiro atoms.